The first-order chi connectivity index (χ1) is 8.40. The molecule has 5 heteroatoms. The monoisotopic (exact) mass is 270 g/mol. The summed E-state index contributed by atoms with van der Waals surface area (Å²) >= 11 is 5.77. The Hall–Kier alpha value is -1.55. The first-order valence-corrected chi connectivity index (χ1v) is 5.89. The summed E-state index contributed by atoms with van der Waals surface area (Å²) in [6.07, 6.45) is 0.627. The molecule has 0 saturated heterocycles. The van der Waals surface area contributed by atoms with Crippen LogP contribution < -0.4 is 4.74 Å². The Kier molecular flexibility index (Phi) is 4.73. The number of esters is 1. The highest BCUT2D eigenvalue weighted by molar-refractivity contribution is 6.30. The van der Waals surface area contributed by atoms with Crippen molar-refractivity contribution in [2.24, 2.45) is 0 Å². The maximum Gasteiger partial charge on any atom is 0.349 e. The Morgan fingerprint density at radius 3 is 2.67 bits per heavy atom. The summed E-state index contributed by atoms with van der Waals surface area (Å²) in [4.78, 5) is 22.6. The second-order valence-electron chi connectivity index (χ2n) is 4.13. The van der Waals surface area contributed by atoms with Gasteiger partial charge in [0.2, 0.25) is 0 Å². The van der Waals surface area contributed by atoms with Crippen LogP contribution in [-0.4, -0.2) is 24.5 Å². The van der Waals surface area contributed by atoms with Gasteiger partial charge in [-0.15, -0.1) is 0 Å². The van der Waals surface area contributed by atoms with Gasteiger partial charge in [0.1, 0.15) is 5.75 Å². The zero-order chi connectivity index (χ0) is 13.8. The molecule has 0 amide bonds. The Labute approximate surface area is 111 Å². The predicted octanol–water partition coefficient (Wildman–Crippen LogP) is 2.87. The van der Waals surface area contributed by atoms with Crippen molar-refractivity contribution in [3.05, 3.63) is 28.8 Å². The third-order valence-electron chi connectivity index (χ3n) is 2.23. The van der Waals surface area contributed by atoms with Gasteiger partial charge < -0.3 is 9.47 Å². The first kappa shape index (κ1) is 14.5. The van der Waals surface area contributed by atoms with Crippen LogP contribution in [0.4, 0.5) is 0 Å². The van der Waals surface area contributed by atoms with Crippen molar-refractivity contribution in [1.29, 1.82) is 0 Å². The number of hydrogen-bond donors (Lipinski definition) is 0. The number of ether oxygens (including phenoxy) is 2. The lowest BCUT2D eigenvalue weighted by Crippen LogP contribution is -2.40. The minimum Gasteiger partial charge on any atom is -0.475 e. The highest BCUT2D eigenvalue weighted by atomic mass is 35.5. The fourth-order valence-corrected chi connectivity index (χ4v) is 1.51. The van der Waals surface area contributed by atoms with Gasteiger partial charge in [-0.1, -0.05) is 11.6 Å². The van der Waals surface area contributed by atoms with E-state index in [9.17, 15) is 9.59 Å². The third-order valence-corrected chi connectivity index (χ3v) is 2.47. The van der Waals surface area contributed by atoms with Crippen LogP contribution in [0.1, 0.15) is 31.1 Å². The molecule has 1 aromatic carbocycles. The molecule has 0 spiro atoms. The fourth-order valence-electron chi connectivity index (χ4n) is 1.33. The highest BCUT2D eigenvalue weighted by Gasteiger charge is 2.32. The lowest BCUT2D eigenvalue weighted by atomic mass is 10.1. The molecular weight excluding hydrogens is 256 g/mol. The molecule has 0 radical (unpaired) electrons. The third kappa shape index (κ3) is 3.47. The Balaban J connectivity index is 2.96. The van der Waals surface area contributed by atoms with E-state index >= 15 is 0 Å². The van der Waals surface area contributed by atoms with Gasteiger partial charge >= 0.3 is 5.97 Å². The Morgan fingerprint density at radius 1 is 1.44 bits per heavy atom. The number of halogens is 1. The van der Waals surface area contributed by atoms with E-state index in [1.165, 1.54) is 6.07 Å². The summed E-state index contributed by atoms with van der Waals surface area (Å²) in [6.45, 7) is 5.14. The maximum absolute atomic E-state index is 11.7. The zero-order valence-corrected chi connectivity index (χ0v) is 11.3. The number of rotatable bonds is 5. The van der Waals surface area contributed by atoms with Crippen LogP contribution in [0.3, 0.4) is 0 Å². The number of aldehydes is 1. The Bertz CT molecular complexity index is 454. The van der Waals surface area contributed by atoms with Gasteiger partial charge in [0.15, 0.2) is 11.9 Å². The SMILES string of the molecule is CCOC(=O)C(C)(C)Oc1ccc(Cl)cc1C=O. The Morgan fingerprint density at radius 2 is 2.11 bits per heavy atom. The second-order valence-corrected chi connectivity index (χ2v) is 4.57. The zero-order valence-electron chi connectivity index (χ0n) is 10.5. The summed E-state index contributed by atoms with van der Waals surface area (Å²) in [7, 11) is 0. The molecule has 0 unspecified atom stereocenters. The summed E-state index contributed by atoms with van der Waals surface area (Å²) in [5, 5.41) is 0.429. The minimum absolute atomic E-state index is 0.271. The molecule has 18 heavy (non-hydrogen) atoms. The molecule has 0 aliphatic carbocycles. The summed E-state index contributed by atoms with van der Waals surface area (Å²) in [6, 6.07) is 4.61. The number of carbonyl (C=O) groups is 2. The lowest BCUT2D eigenvalue weighted by Gasteiger charge is -2.24. The molecule has 0 aromatic heterocycles. The van der Waals surface area contributed by atoms with Crippen LogP contribution in [0.5, 0.6) is 5.75 Å². The van der Waals surface area contributed by atoms with Crippen molar-refractivity contribution in [1.82, 2.24) is 0 Å². The van der Waals surface area contributed by atoms with Gasteiger partial charge in [-0.05, 0) is 39.0 Å². The van der Waals surface area contributed by atoms with Crippen LogP contribution in [-0.2, 0) is 9.53 Å². The number of benzene rings is 1. The lowest BCUT2D eigenvalue weighted by molar-refractivity contribution is -0.158. The molecule has 0 fully saturated rings. The average molecular weight is 271 g/mol. The molecule has 0 aliphatic rings. The summed E-state index contributed by atoms with van der Waals surface area (Å²) in [5.41, 5.74) is -0.874. The quantitative estimate of drug-likeness (QED) is 0.610. The van der Waals surface area contributed by atoms with E-state index in [0.29, 0.717) is 22.6 Å². The minimum atomic E-state index is -1.17. The molecule has 0 saturated carbocycles. The van der Waals surface area contributed by atoms with E-state index in [2.05, 4.69) is 0 Å². The van der Waals surface area contributed by atoms with Crippen molar-refractivity contribution in [3.8, 4) is 5.75 Å². The average Bonchev–Trinajstić information content (AvgIpc) is 2.31. The van der Waals surface area contributed by atoms with Crippen molar-refractivity contribution in [2.45, 2.75) is 26.4 Å². The van der Waals surface area contributed by atoms with Crippen molar-refractivity contribution in [2.75, 3.05) is 6.61 Å². The van der Waals surface area contributed by atoms with Crippen LogP contribution in [0.2, 0.25) is 5.02 Å². The molecule has 1 aromatic rings. The van der Waals surface area contributed by atoms with E-state index in [-0.39, 0.29) is 6.61 Å². The summed E-state index contributed by atoms with van der Waals surface area (Å²) < 4.78 is 10.4. The van der Waals surface area contributed by atoms with Gasteiger partial charge in [-0.3, -0.25) is 4.79 Å². The van der Waals surface area contributed by atoms with Gasteiger partial charge in [0.25, 0.3) is 0 Å². The second kappa shape index (κ2) is 5.87. The number of carbonyl (C=O) groups excluding carboxylic acids is 2. The van der Waals surface area contributed by atoms with Crippen molar-refractivity contribution >= 4 is 23.9 Å². The van der Waals surface area contributed by atoms with Crippen LogP contribution in [0.25, 0.3) is 0 Å². The van der Waals surface area contributed by atoms with Crippen molar-refractivity contribution < 1.29 is 19.1 Å². The van der Waals surface area contributed by atoms with E-state index in [1.54, 1.807) is 32.9 Å². The molecule has 0 aliphatic heterocycles. The number of hydrogen-bond acceptors (Lipinski definition) is 4. The van der Waals surface area contributed by atoms with Gasteiger partial charge in [0.05, 0.1) is 12.2 Å². The normalized spacial score (nSPS) is 10.9. The van der Waals surface area contributed by atoms with Gasteiger partial charge in [-0.2, -0.15) is 0 Å². The smallest absolute Gasteiger partial charge is 0.349 e. The molecule has 98 valence electrons. The molecule has 1 rings (SSSR count). The van der Waals surface area contributed by atoms with E-state index in [1.807, 2.05) is 0 Å². The highest BCUT2D eigenvalue weighted by Crippen LogP contribution is 2.25. The van der Waals surface area contributed by atoms with E-state index in [4.69, 9.17) is 21.1 Å². The van der Waals surface area contributed by atoms with Gasteiger partial charge in [0, 0.05) is 5.02 Å². The van der Waals surface area contributed by atoms with E-state index in [0.717, 1.165) is 0 Å². The largest absolute Gasteiger partial charge is 0.475 e. The fraction of sp³-hybridized carbons (Fsp3) is 0.385. The standard InChI is InChI=1S/C13H15ClO4/c1-4-17-12(16)13(2,3)18-11-6-5-10(14)7-9(11)8-15/h5-8H,4H2,1-3H3. The topological polar surface area (TPSA) is 52.6 Å². The molecule has 0 heterocycles. The van der Waals surface area contributed by atoms with Crippen LogP contribution >= 0.6 is 11.6 Å². The maximum atomic E-state index is 11.7. The van der Waals surface area contributed by atoms with Crippen LogP contribution in [0, 0.1) is 0 Å². The predicted molar refractivity (Wildman–Crippen MR) is 68.2 cm³/mol. The summed E-state index contributed by atoms with van der Waals surface area (Å²) in [5.74, 6) is -0.191. The molecule has 0 bridgehead atoms. The van der Waals surface area contributed by atoms with Crippen molar-refractivity contribution in [3.63, 3.8) is 0 Å². The first-order valence-electron chi connectivity index (χ1n) is 5.51. The molecule has 0 atom stereocenters. The van der Waals surface area contributed by atoms with E-state index < -0.39 is 11.6 Å². The van der Waals surface area contributed by atoms with Gasteiger partial charge in [-0.25, -0.2) is 4.79 Å². The van der Waals surface area contributed by atoms with Crippen LogP contribution in [0.15, 0.2) is 18.2 Å². The molecular formula is C13H15ClO4. The molecule has 0 N–H and O–H groups in total. The molecule has 4 nitrogen and oxygen atoms in total.